The Hall–Kier alpha value is -3.82. The third-order valence-corrected chi connectivity index (χ3v) is 5.67. The van der Waals surface area contributed by atoms with Gasteiger partial charge in [0.2, 0.25) is 5.91 Å². The highest BCUT2D eigenvalue weighted by atomic mass is 19.3. The number of ether oxygens (including phenoxy) is 2. The van der Waals surface area contributed by atoms with Gasteiger partial charge in [-0.25, -0.2) is 23.4 Å². The van der Waals surface area contributed by atoms with Gasteiger partial charge < -0.3 is 25.0 Å². The van der Waals surface area contributed by atoms with Crippen molar-refractivity contribution in [3.8, 4) is 0 Å². The zero-order chi connectivity index (χ0) is 29.6. The molecule has 2 heterocycles. The molecule has 1 aromatic rings. The molecule has 3 rings (SSSR count). The van der Waals surface area contributed by atoms with Crippen LogP contribution in [0.3, 0.4) is 0 Å². The predicted octanol–water partition coefficient (Wildman–Crippen LogP) is 2.17. The van der Waals surface area contributed by atoms with Crippen LogP contribution in [0.5, 0.6) is 0 Å². The van der Waals surface area contributed by atoms with Crippen molar-refractivity contribution in [2.45, 2.75) is 45.3 Å². The number of halogens is 4. The van der Waals surface area contributed by atoms with E-state index in [-0.39, 0.29) is 57.1 Å². The lowest BCUT2D eigenvalue weighted by atomic mass is 10.2. The van der Waals surface area contributed by atoms with Crippen LogP contribution in [0.4, 0.5) is 38.5 Å². The van der Waals surface area contributed by atoms with Crippen LogP contribution in [0.15, 0.2) is 12.1 Å². The molecule has 0 saturated carbocycles. The van der Waals surface area contributed by atoms with E-state index in [1.807, 2.05) is 5.32 Å². The number of cyclic esters (lactones) is 1. The van der Waals surface area contributed by atoms with E-state index in [9.17, 15) is 28.0 Å². The molecular formula is C24H31F4N5O7. The smallest absolute Gasteiger partial charge is 0.414 e. The lowest BCUT2D eigenvalue weighted by molar-refractivity contribution is -0.181. The number of amides is 4. The van der Waals surface area contributed by atoms with Crippen molar-refractivity contribution in [1.29, 1.82) is 0 Å². The largest absolute Gasteiger partial charge is 0.444 e. The number of hydrogen-bond acceptors (Lipinski definition) is 8. The monoisotopic (exact) mass is 577 g/mol. The molecule has 2 saturated heterocycles. The molecule has 1 aromatic carbocycles. The van der Waals surface area contributed by atoms with Crippen LogP contribution in [0.1, 0.15) is 27.2 Å². The van der Waals surface area contributed by atoms with Gasteiger partial charge in [0.1, 0.15) is 17.4 Å². The fraction of sp³-hybridized carbons (Fsp3) is 0.583. The van der Waals surface area contributed by atoms with Crippen LogP contribution in [0, 0.1) is 11.6 Å². The molecule has 0 aromatic heterocycles. The first kappa shape index (κ1) is 30.7. The molecule has 2 fully saturated rings. The summed E-state index contributed by atoms with van der Waals surface area (Å²) in [6.45, 7) is 4.48. The molecule has 0 unspecified atom stereocenters. The van der Waals surface area contributed by atoms with E-state index in [4.69, 9.17) is 14.3 Å². The summed E-state index contributed by atoms with van der Waals surface area (Å²) < 4.78 is 65.0. The average molecular weight is 578 g/mol. The summed E-state index contributed by atoms with van der Waals surface area (Å²) in [5.41, 5.74) is -1.24. The highest BCUT2D eigenvalue weighted by molar-refractivity contribution is 5.90. The minimum absolute atomic E-state index is 0.000417. The zero-order valence-corrected chi connectivity index (χ0v) is 22.2. The Labute approximate surface area is 227 Å². The number of hydrogen-bond donors (Lipinski definition) is 2. The number of rotatable bonds is 8. The Morgan fingerprint density at radius 2 is 1.77 bits per heavy atom. The first-order chi connectivity index (χ1) is 18.7. The van der Waals surface area contributed by atoms with Gasteiger partial charge in [-0.3, -0.25) is 19.3 Å². The molecule has 0 aliphatic carbocycles. The fourth-order valence-electron chi connectivity index (χ4n) is 3.92. The van der Waals surface area contributed by atoms with Crippen LogP contribution in [0.2, 0.25) is 0 Å². The Kier molecular flexibility index (Phi) is 10.0. The van der Waals surface area contributed by atoms with Crippen LogP contribution < -0.4 is 20.4 Å². The maximum atomic E-state index is 15.1. The normalized spacial score (nSPS) is 17.9. The molecule has 0 spiro atoms. The molecular weight excluding hydrogens is 546 g/mol. The van der Waals surface area contributed by atoms with Crippen molar-refractivity contribution in [1.82, 2.24) is 15.7 Å². The number of hydroxylamine groups is 2. The van der Waals surface area contributed by atoms with Crippen molar-refractivity contribution in [3.63, 3.8) is 0 Å². The fourth-order valence-corrected chi connectivity index (χ4v) is 3.92. The number of benzene rings is 1. The lowest BCUT2D eigenvalue weighted by Crippen LogP contribution is -2.38. The molecule has 222 valence electrons. The SMILES string of the molecule is CC(C)(C)OC(=O)NCCC(=O)N1CCN(c2c(F)cc(N3C[C@H](CNC(=O)C(F)F)OC3=O)cc2F)CCO1. The summed E-state index contributed by atoms with van der Waals surface area (Å²) in [7, 11) is 0. The second-order valence-corrected chi connectivity index (χ2v) is 9.92. The van der Waals surface area contributed by atoms with Gasteiger partial charge in [-0.2, -0.15) is 8.78 Å². The van der Waals surface area contributed by atoms with Crippen molar-refractivity contribution in [3.05, 3.63) is 23.8 Å². The molecule has 40 heavy (non-hydrogen) atoms. The van der Waals surface area contributed by atoms with E-state index in [2.05, 4.69) is 5.32 Å². The maximum Gasteiger partial charge on any atom is 0.414 e. The van der Waals surface area contributed by atoms with Gasteiger partial charge in [0.15, 0.2) is 11.6 Å². The summed E-state index contributed by atoms with van der Waals surface area (Å²) in [4.78, 5) is 55.1. The Balaban J connectivity index is 1.56. The Bertz CT molecular complexity index is 1090. The molecule has 0 radical (unpaired) electrons. The van der Waals surface area contributed by atoms with E-state index in [0.29, 0.717) is 0 Å². The summed E-state index contributed by atoms with van der Waals surface area (Å²) in [5.74, 6) is -3.95. The van der Waals surface area contributed by atoms with Crippen molar-refractivity contribution in [2.75, 3.05) is 55.7 Å². The summed E-state index contributed by atoms with van der Waals surface area (Å²) in [6.07, 6.45) is -5.95. The first-order valence-electron chi connectivity index (χ1n) is 12.4. The van der Waals surface area contributed by atoms with Gasteiger partial charge in [-0.15, -0.1) is 0 Å². The van der Waals surface area contributed by atoms with E-state index in [1.165, 1.54) is 4.90 Å². The van der Waals surface area contributed by atoms with Crippen molar-refractivity contribution in [2.24, 2.45) is 0 Å². The number of carbonyl (C=O) groups is 4. The quantitative estimate of drug-likeness (QED) is 0.450. The minimum Gasteiger partial charge on any atom is -0.444 e. The van der Waals surface area contributed by atoms with E-state index >= 15 is 8.78 Å². The maximum absolute atomic E-state index is 15.1. The van der Waals surface area contributed by atoms with E-state index in [1.54, 1.807) is 20.8 Å². The molecule has 12 nitrogen and oxygen atoms in total. The van der Waals surface area contributed by atoms with Crippen LogP contribution in [0.25, 0.3) is 0 Å². The van der Waals surface area contributed by atoms with Gasteiger partial charge in [-0.1, -0.05) is 0 Å². The number of alkyl halides is 2. The average Bonchev–Trinajstić information content (AvgIpc) is 3.05. The minimum atomic E-state index is -3.24. The first-order valence-corrected chi connectivity index (χ1v) is 12.4. The highest BCUT2D eigenvalue weighted by Crippen LogP contribution is 2.31. The van der Waals surface area contributed by atoms with Crippen LogP contribution in [-0.4, -0.2) is 93.1 Å². The third kappa shape index (κ3) is 8.34. The molecule has 0 bridgehead atoms. The topological polar surface area (TPSA) is 130 Å². The molecule has 2 aliphatic rings. The summed E-state index contributed by atoms with van der Waals surface area (Å²) in [5, 5.41) is 5.45. The highest BCUT2D eigenvalue weighted by Gasteiger charge is 2.34. The lowest BCUT2D eigenvalue weighted by Gasteiger charge is -2.24. The standard InChI is InChI=1S/C24H31F4N5O7/c1-24(2,3)40-22(36)29-5-4-18(34)33-7-6-31(8-9-38-33)19-16(25)10-14(11-17(19)26)32-13-15(39-23(32)37)12-30-21(35)20(27)28/h10-11,15,20H,4-9,12-13H2,1-3H3,(H,29,36)(H,30,35)/t15-/m0/s1. The van der Waals surface area contributed by atoms with E-state index < -0.39 is 60.3 Å². The van der Waals surface area contributed by atoms with Crippen molar-refractivity contribution >= 4 is 35.4 Å². The van der Waals surface area contributed by atoms with Gasteiger partial charge in [0, 0.05) is 38.2 Å². The Morgan fingerprint density at radius 3 is 2.40 bits per heavy atom. The predicted molar refractivity (Wildman–Crippen MR) is 132 cm³/mol. The number of nitrogens with one attached hydrogen (secondary N) is 2. The third-order valence-electron chi connectivity index (χ3n) is 5.67. The Morgan fingerprint density at radius 1 is 1.10 bits per heavy atom. The molecule has 16 heteroatoms. The zero-order valence-electron chi connectivity index (χ0n) is 22.2. The number of alkyl carbamates (subject to hydrolysis) is 1. The van der Waals surface area contributed by atoms with Gasteiger partial charge in [-0.05, 0) is 20.8 Å². The van der Waals surface area contributed by atoms with E-state index in [0.717, 1.165) is 22.1 Å². The molecule has 1 atom stereocenters. The summed E-state index contributed by atoms with van der Waals surface area (Å²) in [6, 6.07) is 1.85. The second kappa shape index (κ2) is 13.0. The number of anilines is 2. The second-order valence-electron chi connectivity index (χ2n) is 9.92. The van der Waals surface area contributed by atoms with Gasteiger partial charge in [0.05, 0.1) is 31.9 Å². The van der Waals surface area contributed by atoms with Gasteiger partial charge >= 0.3 is 18.6 Å². The van der Waals surface area contributed by atoms with Crippen LogP contribution >= 0.6 is 0 Å². The summed E-state index contributed by atoms with van der Waals surface area (Å²) >= 11 is 0. The van der Waals surface area contributed by atoms with Crippen LogP contribution in [-0.2, 0) is 23.9 Å². The van der Waals surface area contributed by atoms with Gasteiger partial charge in [0.25, 0.3) is 5.91 Å². The van der Waals surface area contributed by atoms with Crippen molar-refractivity contribution < 1.29 is 51.1 Å². The number of carbonyl (C=O) groups excluding carboxylic acids is 4. The number of nitrogens with zero attached hydrogens (tertiary/aromatic N) is 3. The molecule has 2 aliphatic heterocycles. The molecule has 2 N–H and O–H groups in total. The molecule has 4 amide bonds.